The molecule has 0 saturated heterocycles. The Morgan fingerprint density at radius 2 is 1.29 bits per heavy atom. The summed E-state index contributed by atoms with van der Waals surface area (Å²) >= 11 is 1.46. The molecule has 0 radical (unpaired) electrons. The number of rotatable bonds is 13. The van der Waals surface area contributed by atoms with Crippen molar-refractivity contribution in [1.29, 1.82) is 0 Å². The Labute approximate surface area is 264 Å². The lowest BCUT2D eigenvalue weighted by Crippen LogP contribution is -2.04. The first kappa shape index (κ1) is 30.2. The van der Waals surface area contributed by atoms with E-state index in [0.29, 0.717) is 33.9 Å². The van der Waals surface area contributed by atoms with Crippen LogP contribution in [0.4, 0.5) is 5.95 Å². The summed E-state index contributed by atoms with van der Waals surface area (Å²) in [6.07, 6.45) is 1.69. The molecule has 226 valence electrons. The van der Waals surface area contributed by atoms with Gasteiger partial charge in [0.1, 0.15) is 5.75 Å². The Morgan fingerprint density at radius 3 is 1.89 bits per heavy atom. The summed E-state index contributed by atoms with van der Waals surface area (Å²) in [4.78, 5) is 13.0. The summed E-state index contributed by atoms with van der Waals surface area (Å²) in [5.74, 6) is 1.40. The molecule has 0 atom stereocenters. The molecule has 0 unspecified atom stereocenters. The zero-order chi connectivity index (χ0) is 30.9. The molecule has 4 aromatic carbocycles. The van der Waals surface area contributed by atoms with Gasteiger partial charge < -0.3 is 10.3 Å². The average molecular weight is 638 g/mol. The van der Waals surface area contributed by atoms with Crippen LogP contribution in [0.2, 0.25) is 0 Å². The second-order valence-corrected chi connectivity index (χ2v) is 12.2. The minimum Gasteiger partial charge on any atom is -0.404 e. The Bertz CT molecular complexity index is 1830. The van der Waals surface area contributed by atoms with E-state index in [0.717, 1.165) is 16.7 Å². The van der Waals surface area contributed by atoms with Crippen LogP contribution in [0.3, 0.4) is 0 Å². The van der Waals surface area contributed by atoms with Crippen molar-refractivity contribution in [3.63, 3.8) is 0 Å². The van der Waals surface area contributed by atoms with Crippen molar-refractivity contribution in [2.75, 3.05) is 5.73 Å². The van der Waals surface area contributed by atoms with Crippen molar-refractivity contribution >= 4 is 25.5 Å². The summed E-state index contributed by atoms with van der Waals surface area (Å²) < 4.78 is 32.5. The third-order valence-electron chi connectivity index (χ3n) is 6.35. The average Bonchev–Trinajstić information content (AvgIpc) is 3.58. The molecule has 0 bridgehead atoms. The van der Waals surface area contributed by atoms with Crippen LogP contribution in [0.25, 0.3) is 17.2 Å². The number of aromatic nitrogens is 6. The first-order chi connectivity index (χ1) is 22.0. The summed E-state index contributed by atoms with van der Waals surface area (Å²) in [5.41, 5.74) is 9.89. The zero-order valence-corrected chi connectivity index (χ0v) is 25.6. The molecule has 2 N–H and O–H groups in total. The highest BCUT2D eigenvalue weighted by Crippen LogP contribution is 2.51. The van der Waals surface area contributed by atoms with Crippen molar-refractivity contribution < 1.29 is 18.1 Å². The monoisotopic (exact) mass is 637 g/mol. The molecule has 13 heteroatoms. The predicted molar refractivity (Wildman–Crippen MR) is 171 cm³/mol. The first-order valence-corrected chi connectivity index (χ1v) is 16.3. The Morgan fingerprint density at radius 1 is 0.711 bits per heavy atom. The number of phosphoric ester groups is 1. The van der Waals surface area contributed by atoms with E-state index in [9.17, 15) is 4.57 Å². The number of phosphoric acid groups is 1. The summed E-state index contributed by atoms with van der Waals surface area (Å²) in [6.45, 7) is 0.113. The Balaban J connectivity index is 1.14. The van der Waals surface area contributed by atoms with Gasteiger partial charge in [0.15, 0.2) is 16.7 Å². The zero-order valence-electron chi connectivity index (χ0n) is 23.9. The van der Waals surface area contributed by atoms with Gasteiger partial charge >= 0.3 is 7.82 Å². The molecule has 6 rings (SSSR count). The van der Waals surface area contributed by atoms with E-state index in [2.05, 4.69) is 25.3 Å². The smallest absolute Gasteiger partial charge is 0.404 e. The standard InChI is InChI=1S/C32H28N7O4PS/c33-31-34-30(35-32(36-31)45-23-26-14-8-3-9-15-26)29-20-39(38-37-29)27-16-18-28(19-17-27)43-44(40,41-21-24-10-4-1-5-11-24)42-22-25-12-6-2-7-13-25/h1-20H,21-23H2,(H2,33,34,35,36). The Hall–Kier alpha value is -4.87. The van der Waals surface area contributed by atoms with Crippen LogP contribution in [0, 0.1) is 0 Å². The van der Waals surface area contributed by atoms with E-state index in [1.165, 1.54) is 11.8 Å². The molecule has 2 heterocycles. The third-order valence-corrected chi connectivity index (χ3v) is 8.59. The lowest BCUT2D eigenvalue weighted by molar-refractivity contribution is 0.143. The number of hydrogen-bond donors (Lipinski definition) is 1. The number of thioether (sulfide) groups is 1. The Kier molecular flexibility index (Phi) is 9.57. The van der Waals surface area contributed by atoms with Gasteiger partial charge in [-0.05, 0) is 41.0 Å². The maximum absolute atomic E-state index is 13.7. The number of anilines is 1. The van der Waals surface area contributed by atoms with E-state index < -0.39 is 7.82 Å². The van der Waals surface area contributed by atoms with Gasteiger partial charge in [0.05, 0.1) is 25.1 Å². The maximum Gasteiger partial charge on any atom is 0.530 e. The minimum absolute atomic E-state index is 0.0563. The van der Waals surface area contributed by atoms with Crippen LogP contribution in [0.1, 0.15) is 16.7 Å². The first-order valence-electron chi connectivity index (χ1n) is 13.9. The summed E-state index contributed by atoms with van der Waals surface area (Å²) in [6, 6.07) is 35.6. The normalized spacial score (nSPS) is 11.4. The topological polar surface area (TPSA) is 140 Å². The largest absolute Gasteiger partial charge is 0.530 e. The van der Waals surface area contributed by atoms with Crippen LogP contribution in [0.15, 0.2) is 127 Å². The van der Waals surface area contributed by atoms with Crippen LogP contribution >= 0.6 is 19.6 Å². The third kappa shape index (κ3) is 8.40. The molecular formula is C32H28N7O4PS. The summed E-state index contributed by atoms with van der Waals surface area (Å²) in [7, 11) is -4.00. The quantitative estimate of drug-likeness (QED) is 0.104. The highest BCUT2D eigenvalue weighted by atomic mass is 32.2. The second kappa shape index (κ2) is 14.3. The molecule has 11 nitrogen and oxygen atoms in total. The van der Waals surface area contributed by atoms with Crippen molar-refractivity contribution in [2.24, 2.45) is 0 Å². The van der Waals surface area contributed by atoms with Crippen molar-refractivity contribution in [1.82, 2.24) is 29.9 Å². The summed E-state index contributed by atoms with van der Waals surface area (Å²) in [5, 5.41) is 8.94. The van der Waals surface area contributed by atoms with Gasteiger partial charge in [-0.25, -0.2) is 14.2 Å². The van der Waals surface area contributed by atoms with Crippen molar-refractivity contribution in [2.45, 2.75) is 24.1 Å². The fraction of sp³-hybridized carbons (Fsp3) is 0.0938. The SMILES string of the molecule is Nc1nc(SCc2ccccc2)nc(-c2cn(-c3ccc(OP(=O)(OCc4ccccc4)OCc4ccccc4)cc3)nn2)n1. The van der Waals surface area contributed by atoms with E-state index in [1.54, 1.807) is 35.1 Å². The van der Waals surface area contributed by atoms with Crippen LogP contribution < -0.4 is 10.3 Å². The second-order valence-electron chi connectivity index (χ2n) is 9.67. The molecule has 0 aliphatic carbocycles. The maximum atomic E-state index is 13.7. The van der Waals surface area contributed by atoms with E-state index in [-0.39, 0.29) is 19.2 Å². The molecule has 45 heavy (non-hydrogen) atoms. The van der Waals surface area contributed by atoms with Gasteiger partial charge in [0.25, 0.3) is 0 Å². The molecule has 0 aliphatic heterocycles. The molecule has 2 aromatic heterocycles. The lowest BCUT2D eigenvalue weighted by Gasteiger charge is -2.19. The lowest BCUT2D eigenvalue weighted by atomic mass is 10.2. The highest BCUT2D eigenvalue weighted by molar-refractivity contribution is 7.98. The van der Waals surface area contributed by atoms with Crippen LogP contribution in [-0.4, -0.2) is 29.9 Å². The number of benzene rings is 4. The fourth-order valence-corrected chi connectivity index (χ4v) is 6.07. The van der Waals surface area contributed by atoms with Crippen molar-refractivity contribution in [3.8, 4) is 23.0 Å². The highest BCUT2D eigenvalue weighted by Gasteiger charge is 2.29. The van der Waals surface area contributed by atoms with Crippen LogP contribution in [0.5, 0.6) is 5.75 Å². The van der Waals surface area contributed by atoms with Crippen LogP contribution in [-0.2, 0) is 32.6 Å². The van der Waals surface area contributed by atoms with E-state index >= 15 is 0 Å². The van der Waals surface area contributed by atoms with Gasteiger partial charge in [-0.2, -0.15) is 9.97 Å². The minimum atomic E-state index is -4.00. The van der Waals surface area contributed by atoms with Gasteiger partial charge in [0, 0.05) is 5.75 Å². The van der Waals surface area contributed by atoms with E-state index in [1.807, 2.05) is 91.0 Å². The molecule has 0 amide bonds. The van der Waals surface area contributed by atoms with Gasteiger partial charge in [-0.3, -0.25) is 9.05 Å². The molecule has 0 saturated carbocycles. The molecule has 0 fully saturated rings. The number of hydrogen-bond acceptors (Lipinski definition) is 11. The molecular weight excluding hydrogens is 609 g/mol. The number of nitrogens with two attached hydrogens (primary N) is 1. The fourth-order valence-electron chi connectivity index (χ4n) is 4.10. The van der Waals surface area contributed by atoms with Gasteiger partial charge in [0.2, 0.25) is 5.95 Å². The molecule has 0 spiro atoms. The number of nitrogens with zero attached hydrogens (tertiary/aromatic N) is 6. The number of nitrogen functional groups attached to an aromatic ring is 1. The van der Waals surface area contributed by atoms with Gasteiger partial charge in [-0.15, -0.1) is 5.10 Å². The van der Waals surface area contributed by atoms with E-state index in [4.69, 9.17) is 19.3 Å². The van der Waals surface area contributed by atoms with Gasteiger partial charge in [-0.1, -0.05) is 108 Å². The molecule has 6 aromatic rings. The predicted octanol–water partition coefficient (Wildman–Crippen LogP) is 6.91. The van der Waals surface area contributed by atoms with Crippen molar-refractivity contribution in [3.05, 3.63) is 138 Å². The molecule has 0 aliphatic rings.